The first-order valence-electron chi connectivity index (χ1n) is 6.52. The van der Waals surface area contributed by atoms with E-state index in [0.29, 0.717) is 5.92 Å². The first-order valence-corrected chi connectivity index (χ1v) is 6.52. The predicted octanol–water partition coefficient (Wildman–Crippen LogP) is 1.44. The second-order valence-corrected chi connectivity index (χ2v) is 4.55. The maximum absolute atomic E-state index is 5.76. The van der Waals surface area contributed by atoms with E-state index in [1.54, 1.807) is 0 Å². The summed E-state index contributed by atoms with van der Waals surface area (Å²) in [5, 5.41) is 6.79. The molecule has 0 bridgehead atoms. The third kappa shape index (κ3) is 3.72. The van der Waals surface area contributed by atoms with Crippen molar-refractivity contribution in [2.24, 2.45) is 5.92 Å². The number of hydrogen-bond acceptors (Lipinski definition) is 3. The average Bonchev–Trinajstić information content (AvgIpc) is 2.38. The fraction of sp³-hybridized carbons (Fsp3) is 0.571. The number of benzene rings is 1. The highest BCUT2D eigenvalue weighted by molar-refractivity contribution is 5.35. The van der Waals surface area contributed by atoms with E-state index >= 15 is 0 Å². The molecule has 1 atom stereocenters. The predicted molar refractivity (Wildman–Crippen MR) is 70.5 cm³/mol. The highest BCUT2D eigenvalue weighted by atomic mass is 16.5. The van der Waals surface area contributed by atoms with Crippen LogP contribution in [0.2, 0.25) is 0 Å². The summed E-state index contributed by atoms with van der Waals surface area (Å²) in [6, 6.07) is 8.35. The van der Waals surface area contributed by atoms with Gasteiger partial charge >= 0.3 is 0 Å². The van der Waals surface area contributed by atoms with Crippen molar-refractivity contribution in [1.82, 2.24) is 10.6 Å². The van der Waals surface area contributed by atoms with Crippen molar-refractivity contribution in [3.63, 3.8) is 0 Å². The molecule has 0 amide bonds. The summed E-state index contributed by atoms with van der Waals surface area (Å²) in [6.45, 7) is 7.13. The van der Waals surface area contributed by atoms with Gasteiger partial charge in [-0.05, 0) is 24.6 Å². The minimum Gasteiger partial charge on any atom is -0.493 e. The van der Waals surface area contributed by atoms with Gasteiger partial charge in [0.15, 0.2) is 0 Å². The molecule has 2 N–H and O–H groups in total. The van der Waals surface area contributed by atoms with Crippen LogP contribution < -0.4 is 15.4 Å². The number of ether oxygens (including phenoxy) is 1. The van der Waals surface area contributed by atoms with E-state index in [4.69, 9.17) is 4.74 Å². The van der Waals surface area contributed by atoms with Gasteiger partial charge in [-0.25, -0.2) is 0 Å². The zero-order chi connectivity index (χ0) is 11.9. The van der Waals surface area contributed by atoms with Crippen molar-refractivity contribution in [3.8, 4) is 5.75 Å². The lowest BCUT2D eigenvalue weighted by Crippen LogP contribution is -2.35. The fourth-order valence-corrected chi connectivity index (χ4v) is 2.18. The molecule has 0 aliphatic carbocycles. The molecule has 1 heterocycles. The van der Waals surface area contributed by atoms with E-state index in [-0.39, 0.29) is 0 Å². The van der Waals surface area contributed by atoms with E-state index in [9.17, 15) is 0 Å². The Hall–Kier alpha value is -1.06. The summed E-state index contributed by atoms with van der Waals surface area (Å²) in [6.07, 6.45) is 1.13. The topological polar surface area (TPSA) is 33.3 Å². The van der Waals surface area contributed by atoms with E-state index in [0.717, 1.165) is 45.0 Å². The molecule has 3 heteroatoms. The summed E-state index contributed by atoms with van der Waals surface area (Å²) >= 11 is 0. The normalized spacial score (nSPS) is 18.5. The molecular weight excluding hydrogens is 212 g/mol. The Labute approximate surface area is 104 Å². The van der Waals surface area contributed by atoms with Crippen LogP contribution in [0.5, 0.6) is 5.75 Å². The molecule has 0 saturated carbocycles. The standard InChI is InChI=1S/C14H22N2O/c1-2-15-7-8-16-10-12-9-13-5-3-4-6-14(13)17-11-12/h3-6,12,15-16H,2,7-11H2,1H3. The van der Waals surface area contributed by atoms with Crippen LogP contribution in [0, 0.1) is 5.92 Å². The molecule has 94 valence electrons. The van der Waals surface area contributed by atoms with Gasteiger partial charge in [0.25, 0.3) is 0 Å². The van der Waals surface area contributed by atoms with Crippen LogP contribution in [-0.4, -0.2) is 32.8 Å². The number of para-hydroxylation sites is 1. The smallest absolute Gasteiger partial charge is 0.122 e. The lowest BCUT2D eigenvalue weighted by Gasteiger charge is -2.25. The Morgan fingerprint density at radius 3 is 2.94 bits per heavy atom. The third-order valence-corrected chi connectivity index (χ3v) is 3.12. The molecule has 2 rings (SSSR count). The largest absolute Gasteiger partial charge is 0.493 e. The number of hydrogen-bond donors (Lipinski definition) is 2. The molecule has 1 aromatic rings. The molecule has 0 spiro atoms. The van der Waals surface area contributed by atoms with Crippen molar-refractivity contribution in [3.05, 3.63) is 29.8 Å². The fourth-order valence-electron chi connectivity index (χ4n) is 2.18. The minimum absolute atomic E-state index is 0.603. The number of likely N-dealkylation sites (N-methyl/N-ethyl adjacent to an activating group) is 1. The Bertz CT molecular complexity index is 341. The molecule has 1 unspecified atom stereocenters. The summed E-state index contributed by atoms with van der Waals surface area (Å²) in [7, 11) is 0. The molecule has 1 aromatic carbocycles. The maximum Gasteiger partial charge on any atom is 0.122 e. The van der Waals surface area contributed by atoms with Crippen LogP contribution in [0.15, 0.2) is 24.3 Å². The summed E-state index contributed by atoms with van der Waals surface area (Å²) < 4.78 is 5.76. The first kappa shape index (κ1) is 12.4. The molecule has 1 aliphatic rings. The molecule has 0 fully saturated rings. The van der Waals surface area contributed by atoms with Gasteiger partial charge in [0.1, 0.15) is 5.75 Å². The molecule has 1 aliphatic heterocycles. The van der Waals surface area contributed by atoms with E-state index in [1.807, 2.05) is 6.07 Å². The van der Waals surface area contributed by atoms with E-state index in [1.165, 1.54) is 5.56 Å². The van der Waals surface area contributed by atoms with E-state index < -0.39 is 0 Å². The molecule has 3 nitrogen and oxygen atoms in total. The molecule has 17 heavy (non-hydrogen) atoms. The van der Waals surface area contributed by atoms with Crippen LogP contribution in [-0.2, 0) is 6.42 Å². The lowest BCUT2D eigenvalue weighted by molar-refractivity contribution is 0.218. The van der Waals surface area contributed by atoms with Gasteiger partial charge < -0.3 is 15.4 Å². The highest BCUT2D eigenvalue weighted by Gasteiger charge is 2.18. The Kier molecular flexibility index (Phi) is 4.83. The summed E-state index contributed by atoms with van der Waals surface area (Å²) in [5.74, 6) is 1.67. The summed E-state index contributed by atoms with van der Waals surface area (Å²) in [5.41, 5.74) is 1.34. The van der Waals surface area contributed by atoms with Gasteiger partial charge in [0, 0.05) is 25.6 Å². The quantitative estimate of drug-likeness (QED) is 0.731. The second-order valence-electron chi connectivity index (χ2n) is 4.55. The van der Waals surface area contributed by atoms with Gasteiger partial charge in [-0.2, -0.15) is 0 Å². The minimum atomic E-state index is 0.603. The molecule has 0 aromatic heterocycles. The summed E-state index contributed by atoms with van der Waals surface area (Å²) in [4.78, 5) is 0. The molecule has 0 saturated heterocycles. The van der Waals surface area contributed by atoms with Gasteiger partial charge in [-0.3, -0.25) is 0 Å². The first-order chi connectivity index (χ1) is 8.40. The van der Waals surface area contributed by atoms with Crippen LogP contribution >= 0.6 is 0 Å². The van der Waals surface area contributed by atoms with Crippen LogP contribution in [0.3, 0.4) is 0 Å². The van der Waals surface area contributed by atoms with Gasteiger partial charge in [0.05, 0.1) is 6.61 Å². The third-order valence-electron chi connectivity index (χ3n) is 3.12. The second kappa shape index (κ2) is 6.62. The number of nitrogens with one attached hydrogen (secondary N) is 2. The van der Waals surface area contributed by atoms with Crippen molar-refractivity contribution in [2.75, 3.05) is 32.8 Å². The maximum atomic E-state index is 5.76. The van der Waals surface area contributed by atoms with Gasteiger partial charge in [0.2, 0.25) is 0 Å². The highest BCUT2D eigenvalue weighted by Crippen LogP contribution is 2.26. The molecular formula is C14H22N2O. The van der Waals surface area contributed by atoms with Crippen LogP contribution in [0.1, 0.15) is 12.5 Å². The van der Waals surface area contributed by atoms with Crippen molar-refractivity contribution in [1.29, 1.82) is 0 Å². The Balaban J connectivity index is 1.71. The SMILES string of the molecule is CCNCCNCC1COc2ccccc2C1. The van der Waals surface area contributed by atoms with Crippen LogP contribution in [0.4, 0.5) is 0 Å². The molecule has 0 radical (unpaired) electrons. The number of fused-ring (bicyclic) bond motifs is 1. The lowest BCUT2D eigenvalue weighted by atomic mass is 9.97. The van der Waals surface area contributed by atoms with Crippen molar-refractivity contribution < 1.29 is 4.74 Å². The zero-order valence-corrected chi connectivity index (χ0v) is 10.5. The average molecular weight is 234 g/mol. The van der Waals surface area contributed by atoms with Gasteiger partial charge in [-0.1, -0.05) is 25.1 Å². The Morgan fingerprint density at radius 2 is 2.06 bits per heavy atom. The Morgan fingerprint density at radius 1 is 1.24 bits per heavy atom. The van der Waals surface area contributed by atoms with Crippen molar-refractivity contribution in [2.45, 2.75) is 13.3 Å². The number of rotatable bonds is 6. The van der Waals surface area contributed by atoms with Crippen molar-refractivity contribution >= 4 is 0 Å². The van der Waals surface area contributed by atoms with E-state index in [2.05, 4.69) is 35.8 Å². The van der Waals surface area contributed by atoms with Gasteiger partial charge in [-0.15, -0.1) is 0 Å². The van der Waals surface area contributed by atoms with Crippen LogP contribution in [0.25, 0.3) is 0 Å². The zero-order valence-electron chi connectivity index (χ0n) is 10.5. The monoisotopic (exact) mass is 234 g/mol.